The third-order valence-corrected chi connectivity index (χ3v) is 6.49. The first kappa shape index (κ1) is 17.6. The van der Waals surface area contributed by atoms with Gasteiger partial charge in [-0.3, -0.25) is 9.69 Å². The molecule has 1 saturated heterocycles. The van der Waals surface area contributed by atoms with Crippen molar-refractivity contribution < 1.29 is 4.79 Å². The highest BCUT2D eigenvalue weighted by Gasteiger charge is 2.30. The Bertz CT molecular complexity index is 791. The highest BCUT2D eigenvalue weighted by Crippen LogP contribution is 2.27. The van der Waals surface area contributed by atoms with E-state index in [2.05, 4.69) is 34.1 Å². The standard InChI is InChI=1S/C22H26N2OS/c1-26-21-11-5-4-10-20(21)22(25)24-13-6-9-19(16-24)23-14-12-17-7-2-3-8-18(17)15-23/h2-5,7-8,10-11,19H,6,9,12-16H2,1H3/t19-/m0/s1. The van der Waals surface area contributed by atoms with Crippen molar-refractivity contribution in [2.24, 2.45) is 0 Å². The molecule has 0 radical (unpaired) electrons. The predicted octanol–water partition coefficient (Wildman–Crippen LogP) is 4.07. The van der Waals surface area contributed by atoms with Gasteiger partial charge in [-0.2, -0.15) is 0 Å². The molecule has 1 amide bonds. The molecular formula is C22H26N2OS. The Labute approximate surface area is 160 Å². The summed E-state index contributed by atoms with van der Waals surface area (Å²) >= 11 is 1.65. The van der Waals surface area contributed by atoms with Crippen LogP contribution < -0.4 is 0 Å². The number of likely N-dealkylation sites (tertiary alicyclic amines) is 1. The van der Waals surface area contributed by atoms with Crippen molar-refractivity contribution in [3.05, 3.63) is 65.2 Å². The normalized spacial score (nSPS) is 20.7. The number of hydrogen-bond donors (Lipinski definition) is 0. The Morgan fingerprint density at radius 3 is 2.65 bits per heavy atom. The minimum absolute atomic E-state index is 0.192. The summed E-state index contributed by atoms with van der Waals surface area (Å²) in [4.78, 5) is 18.8. The maximum Gasteiger partial charge on any atom is 0.255 e. The van der Waals surface area contributed by atoms with Crippen molar-refractivity contribution in [2.75, 3.05) is 25.9 Å². The number of hydrogen-bond acceptors (Lipinski definition) is 3. The van der Waals surface area contributed by atoms with E-state index >= 15 is 0 Å². The zero-order chi connectivity index (χ0) is 17.9. The maximum atomic E-state index is 13.1. The molecule has 1 atom stereocenters. The van der Waals surface area contributed by atoms with E-state index in [-0.39, 0.29) is 5.91 Å². The molecule has 2 aromatic rings. The number of thioether (sulfide) groups is 1. The lowest BCUT2D eigenvalue weighted by molar-refractivity contribution is 0.0546. The molecule has 3 nitrogen and oxygen atoms in total. The van der Waals surface area contributed by atoms with Crippen LogP contribution in [-0.4, -0.2) is 47.6 Å². The van der Waals surface area contributed by atoms with E-state index in [0.717, 1.165) is 49.5 Å². The molecule has 0 saturated carbocycles. The molecule has 2 heterocycles. The van der Waals surface area contributed by atoms with E-state index in [9.17, 15) is 4.79 Å². The lowest BCUT2D eigenvalue weighted by Crippen LogP contribution is -2.51. The SMILES string of the molecule is CSc1ccccc1C(=O)N1CCC[C@H](N2CCc3ccccc3C2)C1. The van der Waals surface area contributed by atoms with Gasteiger partial charge in [-0.1, -0.05) is 36.4 Å². The predicted molar refractivity (Wildman–Crippen MR) is 108 cm³/mol. The second-order valence-electron chi connectivity index (χ2n) is 7.24. The molecule has 0 unspecified atom stereocenters. The van der Waals surface area contributed by atoms with Gasteiger partial charge in [0.2, 0.25) is 0 Å². The first-order valence-corrected chi connectivity index (χ1v) is 10.7. The Hall–Kier alpha value is -1.78. The lowest BCUT2D eigenvalue weighted by Gasteiger charge is -2.41. The molecular weight excluding hydrogens is 340 g/mol. The summed E-state index contributed by atoms with van der Waals surface area (Å²) in [5, 5.41) is 0. The van der Waals surface area contributed by atoms with Gasteiger partial charge >= 0.3 is 0 Å². The highest BCUT2D eigenvalue weighted by atomic mass is 32.2. The van der Waals surface area contributed by atoms with Gasteiger partial charge in [0, 0.05) is 37.1 Å². The average Bonchev–Trinajstić information content (AvgIpc) is 2.73. The summed E-state index contributed by atoms with van der Waals surface area (Å²) in [5.74, 6) is 0.192. The van der Waals surface area contributed by atoms with Crippen molar-refractivity contribution in [3.63, 3.8) is 0 Å². The Kier molecular flexibility index (Phi) is 5.32. The zero-order valence-electron chi connectivity index (χ0n) is 15.4. The van der Waals surface area contributed by atoms with E-state index in [1.54, 1.807) is 11.8 Å². The minimum Gasteiger partial charge on any atom is -0.337 e. The third-order valence-electron chi connectivity index (χ3n) is 5.70. The zero-order valence-corrected chi connectivity index (χ0v) is 16.2. The highest BCUT2D eigenvalue weighted by molar-refractivity contribution is 7.98. The fraction of sp³-hybridized carbons (Fsp3) is 0.409. The topological polar surface area (TPSA) is 23.6 Å². The smallest absolute Gasteiger partial charge is 0.255 e. The summed E-state index contributed by atoms with van der Waals surface area (Å²) in [7, 11) is 0. The van der Waals surface area contributed by atoms with Crippen LogP contribution in [0.15, 0.2) is 53.4 Å². The molecule has 4 heteroatoms. The van der Waals surface area contributed by atoms with E-state index in [0.29, 0.717) is 6.04 Å². The van der Waals surface area contributed by atoms with Crippen LogP contribution in [0.2, 0.25) is 0 Å². The molecule has 0 bridgehead atoms. The molecule has 2 aliphatic rings. The van der Waals surface area contributed by atoms with Gasteiger partial charge in [0.15, 0.2) is 0 Å². The van der Waals surface area contributed by atoms with Crippen LogP contribution in [0.1, 0.15) is 34.3 Å². The van der Waals surface area contributed by atoms with Crippen molar-refractivity contribution in [3.8, 4) is 0 Å². The lowest BCUT2D eigenvalue weighted by atomic mass is 9.95. The number of carbonyl (C=O) groups excluding carboxylic acids is 1. The fourth-order valence-corrected chi connectivity index (χ4v) is 4.85. The van der Waals surface area contributed by atoms with Crippen molar-refractivity contribution in [2.45, 2.75) is 36.7 Å². The van der Waals surface area contributed by atoms with E-state index in [4.69, 9.17) is 0 Å². The average molecular weight is 367 g/mol. The minimum atomic E-state index is 0.192. The van der Waals surface area contributed by atoms with Crippen LogP contribution in [0.5, 0.6) is 0 Å². The molecule has 0 N–H and O–H groups in total. The Morgan fingerprint density at radius 1 is 1.04 bits per heavy atom. The molecule has 2 aromatic carbocycles. The van der Waals surface area contributed by atoms with Gasteiger partial charge in [0.1, 0.15) is 0 Å². The van der Waals surface area contributed by atoms with Gasteiger partial charge < -0.3 is 4.90 Å². The van der Waals surface area contributed by atoms with Crippen molar-refractivity contribution in [1.82, 2.24) is 9.80 Å². The van der Waals surface area contributed by atoms with Gasteiger partial charge in [-0.05, 0) is 48.8 Å². The number of rotatable bonds is 3. The number of piperidine rings is 1. The summed E-state index contributed by atoms with van der Waals surface area (Å²) < 4.78 is 0. The molecule has 0 spiro atoms. The summed E-state index contributed by atoms with van der Waals surface area (Å²) in [6, 6.07) is 17.2. The van der Waals surface area contributed by atoms with Gasteiger partial charge in [-0.25, -0.2) is 0 Å². The van der Waals surface area contributed by atoms with Crippen LogP contribution in [0.4, 0.5) is 0 Å². The molecule has 0 aromatic heterocycles. The molecule has 2 aliphatic heterocycles. The van der Waals surface area contributed by atoms with Gasteiger partial charge in [0.25, 0.3) is 5.91 Å². The van der Waals surface area contributed by atoms with Gasteiger partial charge in [-0.15, -0.1) is 11.8 Å². The summed E-state index contributed by atoms with van der Waals surface area (Å²) in [6.07, 6.45) is 5.44. The van der Waals surface area contributed by atoms with E-state index in [1.165, 1.54) is 17.5 Å². The summed E-state index contributed by atoms with van der Waals surface area (Å²) in [6.45, 7) is 3.85. The van der Waals surface area contributed by atoms with E-state index in [1.807, 2.05) is 30.5 Å². The number of carbonyl (C=O) groups is 1. The largest absolute Gasteiger partial charge is 0.337 e. The number of benzene rings is 2. The van der Waals surface area contributed by atoms with E-state index < -0.39 is 0 Å². The van der Waals surface area contributed by atoms with Crippen LogP contribution in [0, 0.1) is 0 Å². The first-order chi connectivity index (χ1) is 12.8. The second kappa shape index (κ2) is 7.85. The van der Waals surface area contributed by atoms with Crippen LogP contribution in [0.3, 0.4) is 0 Å². The molecule has 26 heavy (non-hydrogen) atoms. The first-order valence-electron chi connectivity index (χ1n) is 9.49. The number of nitrogens with zero attached hydrogens (tertiary/aromatic N) is 2. The third kappa shape index (κ3) is 3.53. The monoisotopic (exact) mass is 366 g/mol. The number of amides is 1. The quantitative estimate of drug-likeness (QED) is 0.765. The fourth-order valence-electron chi connectivity index (χ4n) is 4.26. The molecule has 1 fully saturated rings. The van der Waals surface area contributed by atoms with Crippen LogP contribution >= 0.6 is 11.8 Å². The number of fused-ring (bicyclic) bond motifs is 1. The molecule has 0 aliphatic carbocycles. The van der Waals surface area contributed by atoms with Crippen molar-refractivity contribution in [1.29, 1.82) is 0 Å². The second-order valence-corrected chi connectivity index (χ2v) is 8.08. The molecule has 4 rings (SSSR count). The van der Waals surface area contributed by atoms with Gasteiger partial charge in [0.05, 0.1) is 5.56 Å². The van der Waals surface area contributed by atoms with Crippen molar-refractivity contribution >= 4 is 17.7 Å². The molecule has 136 valence electrons. The maximum absolute atomic E-state index is 13.1. The van der Waals surface area contributed by atoms with Crippen LogP contribution in [0.25, 0.3) is 0 Å². The van der Waals surface area contributed by atoms with Crippen LogP contribution in [-0.2, 0) is 13.0 Å². The Balaban J connectivity index is 1.47. The Morgan fingerprint density at radius 2 is 1.81 bits per heavy atom. The summed E-state index contributed by atoms with van der Waals surface area (Å²) in [5.41, 5.74) is 3.79.